The Balaban J connectivity index is 2.29. The molecule has 0 aliphatic rings. The minimum Gasteiger partial charge on any atom is -0.447 e. The third kappa shape index (κ3) is 5.41. The van der Waals surface area contributed by atoms with Crippen LogP contribution in [0.4, 0.5) is 9.59 Å². The largest absolute Gasteiger partial charge is 0.447 e. The van der Waals surface area contributed by atoms with Crippen molar-refractivity contribution in [1.29, 1.82) is 0 Å². The molecule has 0 radical (unpaired) electrons. The second-order valence-corrected chi connectivity index (χ2v) is 4.99. The number of hydrogen-bond donors (Lipinski definition) is 0. The molecule has 1 amide bonds. The maximum atomic E-state index is 11.6. The van der Waals surface area contributed by atoms with Gasteiger partial charge < -0.3 is 14.4 Å². The van der Waals surface area contributed by atoms with Crippen molar-refractivity contribution in [2.24, 2.45) is 0 Å². The van der Waals surface area contributed by atoms with Crippen molar-refractivity contribution in [2.75, 3.05) is 20.2 Å². The van der Waals surface area contributed by atoms with E-state index in [0.717, 1.165) is 0 Å². The van der Waals surface area contributed by atoms with Crippen LogP contribution in [0.15, 0.2) is 18.7 Å². The fourth-order valence-electron chi connectivity index (χ4n) is 1.14. The van der Waals surface area contributed by atoms with Gasteiger partial charge in [0.15, 0.2) is 0 Å². The van der Waals surface area contributed by atoms with Crippen LogP contribution in [0, 0.1) is 0 Å². The SMILES string of the molecule is CN(CCOC(=O)n1ccnc1)C(=O)OC(C)(C)C. The molecule has 1 rings (SSSR count). The molecule has 0 atom stereocenters. The van der Waals surface area contributed by atoms with Crippen LogP contribution in [0.5, 0.6) is 0 Å². The maximum absolute atomic E-state index is 11.6. The number of aromatic nitrogens is 2. The van der Waals surface area contributed by atoms with Crippen LogP contribution in [-0.2, 0) is 9.47 Å². The smallest absolute Gasteiger partial charge is 0.419 e. The van der Waals surface area contributed by atoms with Crippen LogP contribution in [0.3, 0.4) is 0 Å². The first-order chi connectivity index (χ1) is 8.79. The van der Waals surface area contributed by atoms with Crippen molar-refractivity contribution in [3.05, 3.63) is 18.7 Å². The van der Waals surface area contributed by atoms with Crippen LogP contribution in [-0.4, -0.2) is 52.4 Å². The molecule has 1 aromatic rings. The van der Waals surface area contributed by atoms with Crippen molar-refractivity contribution in [2.45, 2.75) is 26.4 Å². The first-order valence-corrected chi connectivity index (χ1v) is 5.89. The maximum Gasteiger partial charge on any atom is 0.419 e. The molecule has 1 aromatic heterocycles. The number of nitrogens with zero attached hydrogens (tertiary/aromatic N) is 3. The highest BCUT2D eigenvalue weighted by Gasteiger charge is 2.19. The van der Waals surface area contributed by atoms with Gasteiger partial charge in [0.1, 0.15) is 18.5 Å². The summed E-state index contributed by atoms with van der Waals surface area (Å²) in [7, 11) is 1.58. The minimum atomic E-state index is -0.543. The molecule has 0 fully saturated rings. The molecule has 0 spiro atoms. The molecule has 0 bridgehead atoms. The summed E-state index contributed by atoms with van der Waals surface area (Å²) < 4.78 is 11.3. The van der Waals surface area contributed by atoms with E-state index < -0.39 is 17.8 Å². The van der Waals surface area contributed by atoms with Gasteiger partial charge in [-0.2, -0.15) is 0 Å². The van der Waals surface area contributed by atoms with Gasteiger partial charge in [0, 0.05) is 19.4 Å². The Labute approximate surface area is 112 Å². The predicted octanol–water partition coefficient (Wildman–Crippen LogP) is 1.73. The lowest BCUT2D eigenvalue weighted by molar-refractivity contribution is 0.0261. The molecule has 0 aromatic carbocycles. The van der Waals surface area contributed by atoms with Gasteiger partial charge in [-0.3, -0.25) is 0 Å². The van der Waals surface area contributed by atoms with Gasteiger partial charge in [-0.05, 0) is 20.8 Å². The zero-order valence-corrected chi connectivity index (χ0v) is 11.6. The lowest BCUT2D eigenvalue weighted by Gasteiger charge is -2.24. The molecule has 7 heteroatoms. The third-order valence-electron chi connectivity index (χ3n) is 2.07. The fourth-order valence-corrected chi connectivity index (χ4v) is 1.14. The van der Waals surface area contributed by atoms with Gasteiger partial charge >= 0.3 is 12.2 Å². The lowest BCUT2D eigenvalue weighted by Crippen LogP contribution is -2.36. The van der Waals surface area contributed by atoms with E-state index >= 15 is 0 Å². The van der Waals surface area contributed by atoms with E-state index in [1.807, 2.05) is 0 Å². The van der Waals surface area contributed by atoms with E-state index in [1.54, 1.807) is 27.8 Å². The Morgan fingerprint density at radius 3 is 2.58 bits per heavy atom. The van der Waals surface area contributed by atoms with Crippen molar-refractivity contribution in [1.82, 2.24) is 14.5 Å². The van der Waals surface area contributed by atoms with Crippen LogP contribution < -0.4 is 0 Å². The summed E-state index contributed by atoms with van der Waals surface area (Å²) in [5.74, 6) is 0. The van der Waals surface area contributed by atoms with E-state index in [2.05, 4.69) is 4.98 Å². The molecule has 0 unspecified atom stereocenters. The molecule has 0 N–H and O–H groups in total. The average Bonchev–Trinajstić information content (AvgIpc) is 2.79. The molecular formula is C12H19N3O4. The van der Waals surface area contributed by atoms with Gasteiger partial charge in [0.05, 0.1) is 6.54 Å². The summed E-state index contributed by atoms with van der Waals surface area (Å²) in [6.07, 6.45) is 3.33. The molecule has 0 aliphatic heterocycles. The number of hydrogen-bond acceptors (Lipinski definition) is 5. The number of carbonyl (C=O) groups excluding carboxylic acids is 2. The molecule has 1 heterocycles. The third-order valence-corrected chi connectivity index (χ3v) is 2.07. The highest BCUT2D eigenvalue weighted by atomic mass is 16.6. The Morgan fingerprint density at radius 1 is 1.37 bits per heavy atom. The first kappa shape index (κ1) is 15.0. The van der Waals surface area contributed by atoms with Crippen LogP contribution in [0.25, 0.3) is 0 Å². The van der Waals surface area contributed by atoms with E-state index in [-0.39, 0.29) is 13.2 Å². The van der Waals surface area contributed by atoms with E-state index in [9.17, 15) is 9.59 Å². The number of amides is 1. The summed E-state index contributed by atoms with van der Waals surface area (Å²) in [6.45, 7) is 5.72. The lowest BCUT2D eigenvalue weighted by atomic mass is 10.2. The van der Waals surface area contributed by atoms with E-state index in [4.69, 9.17) is 9.47 Å². The van der Waals surface area contributed by atoms with Gasteiger partial charge in [0.25, 0.3) is 0 Å². The molecule has 0 aliphatic carbocycles. The minimum absolute atomic E-state index is 0.0900. The van der Waals surface area contributed by atoms with Gasteiger partial charge in [-0.1, -0.05) is 0 Å². The first-order valence-electron chi connectivity index (χ1n) is 5.89. The molecular weight excluding hydrogens is 250 g/mol. The Kier molecular flexibility index (Phi) is 4.91. The molecule has 106 valence electrons. The number of rotatable bonds is 3. The molecule has 19 heavy (non-hydrogen) atoms. The Morgan fingerprint density at radius 2 is 2.05 bits per heavy atom. The van der Waals surface area contributed by atoms with Gasteiger partial charge in [-0.25, -0.2) is 19.1 Å². The van der Waals surface area contributed by atoms with Crippen molar-refractivity contribution in [3.8, 4) is 0 Å². The fraction of sp³-hybridized carbons (Fsp3) is 0.583. The molecule has 7 nitrogen and oxygen atoms in total. The average molecular weight is 269 g/mol. The zero-order chi connectivity index (χ0) is 14.5. The Bertz CT molecular complexity index is 423. The second-order valence-electron chi connectivity index (χ2n) is 4.99. The normalized spacial score (nSPS) is 10.9. The predicted molar refractivity (Wildman–Crippen MR) is 67.8 cm³/mol. The number of likely N-dealkylation sites (N-methyl/N-ethyl adjacent to an activating group) is 1. The van der Waals surface area contributed by atoms with Crippen LogP contribution in [0.1, 0.15) is 20.8 Å². The monoisotopic (exact) mass is 269 g/mol. The summed E-state index contributed by atoms with van der Waals surface area (Å²) >= 11 is 0. The van der Waals surface area contributed by atoms with Crippen LogP contribution >= 0.6 is 0 Å². The van der Waals surface area contributed by atoms with Crippen molar-refractivity contribution >= 4 is 12.2 Å². The highest BCUT2D eigenvalue weighted by Crippen LogP contribution is 2.08. The quantitative estimate of drug-likeness (QED) is 0.835. The Hall–Kier alpha value is -2.05. The number of carbonyl (C=O) groups is 2. The van der Waals surface area contributed by atoms with E-state index in [1.165, 1.54) is 28.2 Å². The number of imidazole rings is 1. The van der Waals surface area contributed by atoms with E-state index in [0.29, 0.717) is 0 Å². The van der Waals surface area contributed by atoms with Crippen molar-refractivity contribution < 1.29 is 19.1 Å². The van der Waals surface area contributed by atoms with Crippen LogP contribution in [0.2, 0.25) is 0 Å². The summed E-state index contributed by atoms with van der Waals surface area (Å²) in [4.78, 5) is 28.1. The summed E-state index contributed by atoms with van der Waals surface area (Å²) in [6, 6.07) is 0. The second kappa shape index (κ2) is 6.21. The zero-order valence-electron chi connectivity index (χ0n) is 11.6. The van der Waals surface area contributed by atoms with Gasteiger partial charge in [0.2, 0.25) is 0 Å². The number of ether oxygens (including phenoxy) is 2. The highest BCUT2D eigenvalue weighted by molar-refractivity contribution is 5.70. The molecule has 0 saturated carbocycles. The summed E-state index contributed by atoms with van der Waals surface area (Å²) in [5.41, 5.74) is -0.543. The molecule has 0 saturated heterocycles. The topological polar surface area (TPSA) is 73.7 Å². The standard InChI is InChI=1S/C12H19N3O4/c1-12(2,3)19-10(16)14(4)7-8-18-11(17)15-6-5-13-9-15/h5-6,9H,7-8H2,1-4H3. The summed E-state index contributed by atoms with van der Waals surface area (Å²) in [5, 5.41) is 0. The van der Waals surface area contributed by atoms with Crippen molar-refractivity contribution in [3.63, 3.8) is 0 Å². The van der Waals surface area contributed by atoms with Gasteiger partial charge in [-0.15, -0.1) is 0 Å².